The Morgan fingerprint density at radius 2 is 2.00 bits per heavy atom. The Balaban J connectivity index is 1.40. The predicted molar refractivity (Wildman–Crippen MR) is 113 cm³/mol. The van der Waals surface area contributed by atoms with E-state index in [1.165, 1.54) is 5.56 Å². The van der Waals surface area contributed by atoms with Gasteiger partial charge in [0.25, 0.3) is 5.91 Å². The fourth-order valence-corrected chi connectivity index (χ4v) is 3.64. The lowest BCUT2D eigenvalue weighted by Gasteiger charge is -2.37. The third kappa shape index (κ3) is 5.88. The third-order valence-electron chi connectivity index (χ3n) is 5.25. The summed E-state index contributed by atoms with van der Waals surface area (Å²) in [6.07, 6.45) is 7.68. The zero-order valence-corrected chi connectivity index (χ0v) is 17.1. The van der Waals surface area contributed by atoms with Crippen LogP contribution in [0, 0.1) is 12.3 Å². The van der Waals surface area contributed by atoms with Crippen molar-refractivity contribution in [3.63, 3.8) is 0 Å². The van der Waals surface area contributed by atoms with E-state index in [2.05, 4.69) is 21.1 Å². The van der Waals surface area contributed by atoms with Crippen molar-refractivity contribution in [1.82, 2.24) is 15.1 Å². The zero-order chi connectivity index (χ0) is 20.5. The molecule has 0 aromatic heterocycles. The minimum atomic E-state index is -0.234. The lowest BCUT2D eigenvalue weighted by molar-refractivity contribution is -0.142. The molecule has 1 aromatic rings. The first kappa shape index (κ1) is 21.0. The highest BCUT2D eigenvalue weighted by molar-refractivity contribution is 5.82. The molecule has 7 heteroatoms. The number of guanidine groups is 1. The summed E-state index contributed by atoms with van der Waals surface area (Å²) >= 11 is 0. The van der Waals surface area contributed by atoms with Gasteiger partial charge in [-0.05, 0) is 37.0 Å². The molecule has 0 saturated carbocycles. The fourth-order valence-electron chi connectivity index (χ4n) is 3.64. The van der Waals surface area contributed by atoms with Gasteiger partial charge in [0.15, 0.2) is 5.96 Å². The Kier molecular flexibility index (Phi) is 7.77. The summed E-state index contributed by atoms with van der Waals surface area (Å²) in [5, 5.41) is 3.43. The van der Waals surface area contributed by atoms with Gasteiger partial charge in [0, 0.05) is 46.4 Å². The number of aliphatic imine (C=N–C) groups is 1. The van der Waals surface area contributed by atoms with Crippen LogP contribution in [0.5, 0.6) is 5.75 Å². The number of hydrogen-bond donors (Lipinski definition) is 1. The van der Waals surface area contributed by atoms with Gasteiger partial charge in [0.1, 0.15) is 18.5 Å². The second-order valence-corrected chi connectivity index (χ2v) is 7.17. The van der Waals surface area contributed by atoms with Crippen molar-refractivity contribution in [1.29, 1.82) is 0 Å². The monoisotopic (exact) mass is 398 g/mol. The van der Waals surface area contributed by atoms with Gasteiger partial charge in [-0.25, -0.2) is 0 Å². The van der Waals surface area contributed by atoms with Crippen molar-refractivity contribution in [3.05, 3.63) is 29.8 Å². The minimum absolute atomic E-state index is 0.139. The van der Waals surface area contributed by atoms with Crippen LogP contribution in [0.1, 0.15) is 18.4 Å². The molecule has 1 N–H and O–H groups in total. The molecule has 0 bridgehead atoms. The van der Waals surface area contributed by atoms with Crippen molar-refractivity contribution in [2.24, 2.45) is 4.99 Å². The molecule has 29 heavy (non-hydrogen) atoms. The first-order chi connectivity index (χ1) is 14.2. The molecule has 1 atom stereocenters. The second kappa shape index (κ2) is 10.7. The van der Waals surface area contributed by atoms with E-state index in [0.29, 0.717) is 19.7 Å². The molecule has 2 heterocycles. The largest absolute Gasteiger partial charge is 0.481 e. The molecule has 156 valence electrons. The Morgan fingerprint density at radius 1 is 1.28 bits per heavy atom. The Morgan fingerprint density at radius 3 is 2.62 bits per heavy atom. The number of ether oxygens (including phenoxy) is 2. The van der Waals surface area contributed by atoms with Gasteiger partial charge in [-0.3, -0.25) is 9.79 Å². The van der Waals surface area contributed by atoms with Crippen LogP contribution in [0.25, 0.3) is 0 Å². The highest BCUT2D eigenvalue weighted by Gasteiger charge is 2.30. The summed E-state index contributed by atoms with van der Waals surface area (Å²) in [7, 11) is 1.80. The summed E-state index contributed by atoms with van der Waals surface area (Å²) < 4.78 is 10.9. The summed E-state index contributed by atoms with van der Waals surface area (Å²) in [5.41, 5.74) is 1.22. The highest BCUT2D eigenvalue weighted by atomic mass is 16.5. The van der Waals surface area contributed by atoms with E-state index < -0.39 is 0 Å². The molecular weight excluding hydrogens is 368 g/mol. The molecule has 2 fully saturated rings. The molecule has 7 nitrogen and oxygen atoms in total. The van der Waals surface area contributed by atoms with Crippen molar-refractivity contribution in [3.8, 4) is 18.1 Å². The second-order valence-electron chi connectivity index (χ2n) is 7.17. The van der Waals surface area contributed by atoms with Crippen molar-refractivity contribution in [2.75, 3.05) is 53.0 Å². The van der Waals surface area contributed by atoms with E-state index in [1.54, 1.807) is 7.05 Å². The number of carbonyl (C=O) groups is 1. The van der Waals surface area contributed by atoms with Crippen LogP contribution in [0.3, 0.4) is 0 Å². The predicted octanol–water partition coefficient (Wildman–Crippen LogP) is 1.14. The molecule has 3 rings (SSSR count). The third-order valence-corrected chi connectivity index (χ3v) is 5.25. The molecule has 1 aromatic carbocycles. The maximum atomic E-state index is 12.5. The average Bonchev–Trinajstić information content (AvgIpc) is 3.31. The maximum absolute atomic E-state index is 12.5. The number of terminal acetylenes is 1. The van der Waals surface area contributed by atoms with Gasteiger partial charge in [-0.15, -0.1) is 6.42 Å². The van der Waals surface area contributed by atoms with Gasteiger partial charge in [0.2, 0.25) is 0 Å². The van der Waals surface area contributed by atoms with Crippen LogP contribution < -0.4 is 10.1 Å². The van der Waals surface area contributed by atoms with Gasteiger partial charge in [-0.2, -0.15) is 0 Å². The van der Waals surface area contributed by atoms with Crippen LogP contribution in [-0.4, -0.2) is 80.8 Å². The topological polar surface area (TPSA) is 66.4 Å². The molecule has 0 aliphatic carbocycles. The number of piperazine rings is 1. The standard InChI is InChI=1S/C22H30N4O3/c1-3-16-28-19-8-6-18(7-9-19)10-11-24-22(23-2)26-14-12-25(13-15-26)21(27)20-5-4-17-29-20/h1,6-9,20H,4-5,10-17H2,2H3,(H,23,24). The van der Waals surface area contributed by atoms with Crippen LogP contribution in [0.4, 0.5) is 0 Å². The summed E-state index contributed by atoms with van der Waals surface area (Å²) in [6.45, 7) is 4.74. The number of carbonyl (C=O) groups excluding carboxylic acids is 1. The van der Waals surface area contributed by atoms with Crippen LogP contribution in [0.15, 0.2) is 29.3 Å². The molecular formula is C22H30N4O3. The number of rotatable bonds is 6. The van der Waals surface area contributed by atoms with Gasteiger partial charge >= 0.3 is 0 Å². The Labute approximate surface area is 173 Å². The normalized spacial score (nSPS) is 19.7. The zero-order valence-electron chi connectivity index (χ0n) is 17.1. The first-order valence-electron chi connectivity index (χ1n) is 10.2. The Bertz CT molecular complexity index is 727. The summed E-state index contributed by atoms with van der Waals surface area (Å²) in [4.78, 5) is 21.0. The molecule has 1 unspecified atom stereocenters. The highest BCUT2D eigenvalue weighted by Crippen LogP contribution is 2.16. The summed E-state index contributed by atoms with van der Waals surface area (Å²) in [6, 6.07) is 7.97. The van der Waals surface area contributed by atoms with E-state index in [4.69, 9.17) is 15.9 Å². The Hall–Kier alpha value is -2.72. The number of benzene rings is 1. The lowest BCUT2D eigenvalue weighted by atomic mass is 10.1. The van der Waals surface area contributed by atoms with Gasteiger partial charge in [-0.1, -0.05) is 18.1 Å². The van der Waals surface area contributed by atoms with Crippen molar-refractivity contribution in [2.45, 2.75) is 25.4 Å². The first-order valence-corrected chi connectivity index (χ1v) is 10.2. The van der Waals surface area contributed by atoms with E-state index in [0.717, 1.165) is 50.6 Å². The molecule has 2 aliphatic heterocycles. The van der Waals surface area contributed by atoms with Crippen molar-refractivity contribution >= 4 is 11.9 Å². The minimum Gasteiger partial charge on any atom is -0.481 e. The van der Waals surface area contributed by atoms with Gasteiger partial charge < -0.3 is 24.6 Å². The van der Waals surface area contributed by atoms with Crippen LogP contribution >= 0.6 is 0 Å². The fraction of sp³-hybridized carbons (Fsp3) is 0.545. The van der Waals surface area contributed by atoms with E-state index in [1.807, 2.05) is 29.2 Å². The quantitative estimate of drug-likeness (QED) is 0.442. The van der Waals surface area contributed by atoms with Gasteiger partial charge in [0.05, 0.1) is 0 Å². The van der Waals surface area contributed by atoms with Crippen LogP contribution in [-0.2, 0) is 16.0 Å². The smallest absolute Gasteiger partial charge is 0.251 e. The average molecular weight is 399 g/mol. The van der Waals surface area contributed by atoms with E-state index in [-0.39, 0.29) is 18.6 Å². The SMILES string of the molecule is C#CCOc1ccc(CCNC(=NC)N2CCN(C(=O)C3CCCO3)CC2)cc1. The number of nitrogens with zero attached hydrogens (tertiary/aromatic N) is 3. The maximum Gasteiger partial charge on any atom is 0.251 e. The molecule has 0 spiro atoms. The lowest BCUT2D eigenvalue weighted by Crippen LogP contribution is -2.55. The number of nitrogens with one attached hydrogen (secondary N) is 1. The van der Waals surface area contributed by atoms with E-state index in [9.17, 15) is 4.79 Å². The molecule has 0 radical (unpaired) electrons. The molecule has 2 saturated heterocycles. The van der Waals surface area contributed by atoms with Crippen molar-refractivity contribution < 1.29 is 14.3 Å². The summed E-state index contributed by atoms with van der Waals surface area (Å²) in [5.74, 6) is 4.26. The number of amides is 1. The van der Waals surface area contributed by atoms with E-state index >= 15 is 0 Å². The number of hydrogen-bond acceptors (Lipinski definition) is 4. The molecule has 1 amide bonds. The molecule has 2 aliphatic rings. The van der Waals surface area contributed by atoms with Crippen LogP contribution in [0.2, 0.25) is 0 Å².